The fourth-order valence-electron chi connectivity index (χ4n) is 2.22. The number of carbonyl (C=O) groups is 1. The molecule has 2 aromatic rings. The van der Waals surface area contributed by atoms with Gasteiger partial charge in [0, 0.05) is 5.69 Å². The van der Waals surface area contributed by atoms with Crippen molar-refractivity contribution in [1.82, 2.24) is 0 Å². The van der Waals surface area contributed by atoms with E-state index in [0.29, 0.717) is 27.2 Å². The first-order chi connectivity index (χ1) is 13.0. The largest absolute Gasteiger partial charge is 0.493 e. The Balaban J connectivity index is 2.29. The molecule has 0 saturated carbocycles. The van der Waals surface area contributed by atoms with Gasteiger partial charge in [-0.3, -0.25) is 4.79 Å². The summed E-state index contributed by atoms with van der Waals surface area (Å²) in [4.78, 5) is 12.4. The number of hydrogen-bond acceptors (Lipinski definition) is 5. The van der Waals surface area contributed by atoms with E-state index in [0.717, 1.165) is 5.56 Å². The molecule has 27 heavy (non-hydrogen) atoms. The predicted octanol–water partition coefficient (Wildman–Crippen LogP) is 4.21. The number of hydrogen-bond donors (Lipinski definition) is 1. The maximum Gasteiger partial charge on any atom is 0.266 e. The number of nitrogens with one attached hydrogen (secondary N) is 1. The topological polar surface area (TPSA) is 95.1 Å². The second kappa shape index (κ2) is 9.42. The van der Waals surface area contributed by atoms with Gasteiger partial charge in [-0.2, -0.15) is 10.5 Å². The number of ether oxygens (including phenoxy) is 2. The third-order valence-corrected chi connectivity index (χ3v) is 4.11. The minimum atomic E-state index is -0.513. The van der Waals surface area contributed by atoms with Crippen LogP contribution in [0.4, 0.5) is 5.69 Å². The summed E-state index contributed by atoms with van der Waals surface area (Å²) >= 11 is 3.35. The minimum absolute atomic E-state index is 0.0600. The highest BCUT2D eigenvalue weighted by Crippen LogP contribution is 2.37. The summed E-state index contributed by atoms with van der Waals surface area (Å²) in [6, 6.07) is 14.4. The zero-order valence-corrected chi connectivity index (χ0v) is 16.3. The van der Waals surface area contributed by atoms with Gasteiger partial charge in [0.15, 0.2) is 18.1 Å². The van der Waals surface area contributed by atoms with Crippen LogP contribution in [0.3, 0.4) is 0 Å². The van der Waals surface area contributed by atoms with Crippen LogP contribution in [0, 0.1) is 29.6 Å². The lowest BCUT2D eigenvalue weighted by atomic mass is 10.1. The molecule has 6 nitrogen and oxygen atoms in total. The number of halogens is 1. The Hall–Kier alpha value is -3.29. The summed E-state index contributed by atoms with van der Waals surface area (Å²) in [6.07, 6.45) is 1.45. The van der Waals surface area contributed by atoms with Crippen molar-refractivity contribution in [2.75, 3.05) is 19.0 Å². The van der Waals surface area contributed by atoms with Crippen molar-refractivity contribution in [3.8, 4) is 23.6 Å². The number of rotatable bonds is 6. The van der Waals surface area contributed by atoms with E-state index in [1.807, 2.05) is 31.2 Å². The van der Waals surface area contributed by atoms with Crippen LogP contribution >= 0.6 is 15.9 Å². The average Bonchev–Trinajstić information content (AvgIpc) is 2.66. The summed E-state index contributed by atoms with van der Waals surface area (Å²) in [6.45, 7) is 1.81. The Morgan fingerprint density at radius 3 is 2.56 bits per heavy atom. The van der Waals surface area contributed by atoms with Crippen molar-refractivity contribution in [2.45, 2.75) is 6.92 Å². The van der Waals surface area contributed by atoms with Crippen LogP contribution in [0.2, 0.25) is 0 Å². The van der Waals surface area contributed by atoms with Crippen LogP contribution in [0.5, 0.6) is 11.5 Å². The molecule has 0 fully saturated rings. The van der Waals surface area contributed by atoms with Gasteiger partial charge in [0.1, 0.15) is 17.7 Å². The van der Waals surface area contributed by atoms with Crippen molar-refractivity contribution in [3.05, 3.63) is 57.6 Å². The molecule has 0 radical (unpaired) electrons. The van der Waals surface area contributed by atoms with Gasteiger partial charge in [-0.05, 0) is 58.8 Å². The lowest BCUT2D eigenvalue weighted by Crippen LogP contribution is -2.13. The van der Waals surface area contributed by atoms with Gasteiger partial charge in [0.2, 0.25) is 0 Å². The number of carbonyl (C=O) groups excluding carboxylic acids is 1. The highest BCUT2D eigenvalue weighted by molar-refractivity contribution is 9.10. The monoisotopic (exact) mass is 425 g/mol. The zero-order valence-electron chi connectivity index (χ0n) is 14.7. The number of aryl methyl sites for hydroxylation is 1. The van der Waals surface area contributed by atoms with E-state index in [4.69, 9.17) is 14.7 Å². The predicted molar refractivity (Wildman–Crippen MR) is 105 cm³/mol. The summed E-state index contributed by atoms with van der Waals surface area (Å²) in [5.41, 5.74) is 2.18. The number of nitrogens with zero attached hydrogens (tertiary/aromatic N) is 2. The molecule has 0 aromatic heterocycles. The van der Waals surface area contributed by atoms with E-state index >= 15 is 0 Å². The molecule has 0 heterocycles. The third-order valence-electron chi connectivity index (χ3n) is 3.52. The van der Waals surface area contributed by atoms with Crippen molar-refractivity contribution in [1.29, 1.82) is 10.5 Å². The number of amides is 1. The van der Waals surface area contributed by atoms with E-state index in [9.17, 15) is 10.1 Å². The van der Waals surface area contributed by atoms with Gasteiger partial charge in [0.25, 0.3) is 5.91 Å². The number of benzene rings is 2. The molecule has 7 heteroatoms. The molecule has 0 atom stereocenters. The second-order valence-corrected chi connectivity index (χ2v) is 6.33. The highest BCUT2D eigenvalue weighted by Gasteiger charge is 2.14. The van der Waals surface area contributed by atoms with Crippen molar-refractivity contribution in [2.24, 2.45) is 0 Å². The maximum atomic E-state index is 12.4. The molecule has 0 aliphatic heterocycles. The molecule has 0 unspecified atom stereocenters. The van der Waals surface area contributed by atoms with E-state index in [1.165, 1.54) is 13.2 Å². The van der Waals surface area contributed by atoms with E-state index < -0.39 is 5.91 Å². The Labute approximate surface area is 165 Å². The molecule has 136 valence electrons. The lowest BCUT2D eigenvalue weighted by Gasteiger charge is -2.11. The number of nitriles is 2. The summed E-state index contributed by atoms with van der Waals surface area (Å²) in [7, 11) is 1.46. The molecule has 0 aliphatic rings. The SMILES string of the molecule is COc1cc(/C=C(/C#N)C(=O)Nc2ccc(C)cc2)cc(Br)c1OCC#N. The van der Waals surface area contributed by atoms with Crippen molar-refractivity contribution < 1.29 is 14.3 Å². The molecule has 2 rings (SSSR count). The van der Waals surface area contributed by atoms with Crippen LogP contribution in [-0.4, -0.2) is 19.6 Å². The van der Waals surface area contributed by atoms with Gasteiger partial charge >= 0.3 is 0 Å². The third kappa shape index (κ3) is 5.34. The average molecular weight is 426 g/mol. The van der Waals surface area contributed by atoms with Gasteiger partial charge in [0.05, 0.1) is 11.6 Å². The van der Waals surface area contributed by atoms with Crippen LogP contribution in [-0.2, 0) is 4.79 Å². The van der Waals surface area contributed by atoms with Crippen LogP contribution in [0.15, 0.2) is 46.4 Å². The number of anilines is 1. The Morgan fingerprint density at radius 2 is 1.96 bits per heavy atom. The molecule has 1 amide bonds. The molecule has 0 bridgehead atoms. The first-order valence-electron chi connectivity index (χ1n) is 7.85. The summed E-state index contributed by atoms with van der Waals surface area (Å²) < 4.78 is 11.1. The molecular weight excluding hydrogens is 410 g/mol. The molecule has 0 spiro atoms. The molecule has 0 aliphatic carbocycles. The lowest BCUT2D eigenvalue weighted by molar-refractivity contribution is -0.112. The molecule has 0 saturated heterocycles. The van der Waals surface area contributed by atoms with E-state index in [-0.39, 0.29) is 12.2 Å². The van der Waals surface area contributed by atoms with Crippen LogP contribution in [0.1, 0.15) is 11.1 Å². The zero-order chi connectivity index (χ0) is 19.8. The smallest absolute Gasteiger partial charge is 0.266 e. The van der Waals surface area contributed by atoms with Gasteiger partial charge in [-0.25, -0.2) is 0 Å². The van der Waals surface area contributed by atoms with Crippen molar-refractivity contribution in [3.63, 3.8) is 0 Å². The molecule has 1 N–H and O–H groups in total. The fourth-order valence-corrected chi connectivity index (χ4v) is 2.79. The summed E-state index contributed by atoms with van der Waals surface area (Å²) in [5.74, 6) is 0.238. The van der Waals surface area contributed by atoms with Crippen molar-refractivity contribution >= 4 is 33.6 Å². The summed E-state index contributed by atoms with van der Waals surface area (Å²) in [5, 5.41) is 20.7. The van der Waals surface area contributed by atoms with E-state index in [1.54, 1.807) is 24.3 Å². The van der Waals surface area contributed by atoms with E-state index in [2.05, 4.69) is 21.2 Å². The first kappa shape index (κ1) is 20.0. The fraction of sp³-hybridized carbons (Fsp3) is 0.150. The Bertz CT molecular complexity index is 954. The highest BCUT2D eigenvalue weighted by atomic mass is 79.9. The van der Waals surface area contributed by atoms with Crippen LogP contribution < -0.4 is 14.8 Å². The minimum Gasteiger partial charge on any atom is -0.493 e. The maximum absolute atomic E-state index is 12.4. The molecular formula is C20H16BrN3O3. The van der Waals surface area contributed by atoms with Gasteiger partial charge in [-0.15, -0.1) is 0 Å². The normalized spacial score (nSPS) is 10.5. The van der Waals surface area contributed by atoms with Crippen LogP contribution in [0.25, 0.3) is 6.08 Å². The number of methoxy groups -OCH3 is 1. The standard InChI is InChI=1S/C20H16BrN3O3/c1-13-3-5-16(6-4-13)24-20(25)15(12-23)9-14-10-17(21)19(27-8-7-22)18(11-14)26-2/h3-6,9-11H,8H2,1-2H3,(H,24,25)/b15-9-. The molecule has 2 aromatic carbocycles. The first-order valence-corrected chi connectivity index (χ1v) is 8.65. The quantitative estimate of drug-likeness (QED) is 0.552. The Kier molecular flexibility index (Phi) is 6.99. The van der Waals surface area contributed by atoms with Gasteiger partial charge < -0.3 is 14.8 Å². The van der Waals surface area contributed by atoms with Gasteiger partial charge in [-0.1, -0.05) is 17.7 Å². The second-order valence-electron chi connectivity index (χ2n) is 5.47. The Morgan fingerprint density at radius 1 is 1.26 bits per heavy atom.